The number of nitrogen functional groups attached to an aromatic ring is 1. The summed E-state index contributed by atoms with van der Waals surface area (Å²) in [4.78, 5) is 6.12. The Labute approximate surface area is 99.9 Å². The fourth-order valence-electron chi connectivity index (χ4n) is 1.53. The van der Waals surface area contributed by atoms with Gasteiger partial charge in [-0.1, -0.05) is 6.07 Å². The van der Waals surface area contributed by atoms with Crippen LogP contribution in [0.5, 0.6) is 0 Å². The third-order valence-corrected chi connectivity index (χ3v) is 2.48. The van der Waals surface area contributed by atoms with Crippen molar-refractivity contribution in [2.75, 3.05) is 17.7 Å². The molecule has 2 aromatic rings. The summed E-state index contributed by atoms with van der Waals surface area (Å²) in [6, 6.07) is 13.0. The summed E-state index contributed by atoms with van der Waals surface area (Å²) >= 11 is 0. The lowest BCUT2D eigenvalue weighted by atomic mass is 10.2. The molecule has 0 saturated heterocycles. The average molecular weight is 224 g/mol. The maximum Gasteiger partial charge on any atom is 0.134 e. The Morgan fingerprint density at radius 2 is 2.12 bits per heavy atom. The zero-order valence-corrected chi connectivity index (χ0v) is 9.46. The van der Waals surface area contributed by atoms with Crippen molar-refractivity contribution in [1.29, 1.82) is 5.26 Å². The van der Waals surface area contributed by atoms with Gasteiger partial charge in [0.1, 0.15) is 5.82 Å². The van der Waals surface area contributed by atoms with E-state index in [2.05, 4.69) is 11.1 Å². The minimum absolute atomic E-state index is 0.623. The van der Waals surface area contributed by atoms with Gasteiger partial charge in [-0.3, -0.25) is 0 Å². The molecule has 1 aromatic carbocycles. The highest BCUT2D eigenvalue weighted by atomic mass is 15.2. The van der Waals surface area contributed by atoms with Gasteiger partial charge >= 0.3 is 0 Å². The van der Waals surface area contributed by atoms with E-state index in [1.54, 1.807) is 24.4 Å². The molecule has 0 aliphatic carbocycles. The first kappa shape index (κ1) is 11.0. The second-order valence-electron chi connectivity index (χ2n) is 3.67. The first-order chi connectivity index (χ1) is 8.20. The van der Waals surface area contributed by atoms with Gasteiger partial charge in [-0.15, -0.1) is 0 Å². The van der Waals surface area contributed by atoms with Crippen LogP contribution in [-0.4, -0.2) is 12.0 Å². The normalized spacial score (nSPS) is 9.65. The number of rotatable bonds is 2. The van der Waals surface area contributed by atoms with Gasteiger partial charge in [-0.25, -0.2) is 4.98 Å². The molecule has 0 radical (unpaired) electrons. The van der Waals surface area contributed by atoms with Crippen LogP contribution in [0.25, 0.3) is 0 Å². The summed E-state index contributed by atoms with van der Waals surface area (Å²) in [6.07, 6.45) is 1.66. The number of nitrogens with two attached hydrogens (primary N) is 1. The second-order valence-corrected chi connectivity index (χ2v) is 3.67. The van der Waals surface area contributed by atoms with E-state index in [9.17, 15) is 0 Å². The summed E-state index contributed by atoms with van der Waals surface area (Å²) in [5.41, 5.74) is 7.90. The first-order valence-corrected chi connectivity index (χ1v) is 5.16. The molecule has 0 atom stereocenters. The molecule has 0 unspecified atom stereocenters. The number of nitrogens with zero attached hydrogens (tertiary/aromatic N) is 3. The molecule has 0 saturated carbocycles. The molecule has 0 spiro atoms. The summed E-state index contributed by atoms with van der Waals surface area (Å²) in [7, 11) is 1.89. The van der Waals surface area contributed by atoms with Gasteiger partial charge in [0.05, 0.1) is 11.6 Å². The SMILES string of the molecule is CN(c1cccc(C#N)c1)c1cc(N)ccn1. The molecule has 0 amide bonds. The monoisotopic (exact) mass is 224 g/mol. The molecular formula is C13H12N4. The number of aromatic nitrogens is 1. The maximum absolute atomic E-state index is 8.85. The van der Waals surface area contributed by atoms with E-state index in [-0.39, 0.29) is 0 Å². The molecule has 0 fully saturated rings. The number of benzene rings is 1. The lowest BCUT2D eigenvalue weighted by Crippen LogP contribution is -2.11. The van der Waals surface area contributed by atoms with Crippen LogP contribution in [0.3, 0.4) is 0 Å². The summed E-state index contributed by atoms with van der Waals surface area (Å²) in [5, 5.41) is 8.85. The number of pyridine rings is 1. The minimum Gasteiger partial charge on any atom is -0.399 e. The van der Waals surface area contributed by atoms with E-state index in [0.717, 1.165) is 11.5 Å². The molecule has 2 N–H and O–H groups in total. The molecule has 0 aliphatic rings. The molecule has 2 rings (SSSR count). The highest BCUT2D eigenvalue weighted by molar-refractivity contribution is 5.63. The highest BCUT2D eigenvalue weighted by Gasteiger charge is 2.05. The minimum atomic E-state index is 0.623. The molecule has 4 nitrogen and oxygen atoms in total. The molecular weight excluding hydrogens is 212 g/mol. The Kier molecular flexibility index (Phi) is 2.93. The van der Waals surface area contributed by atoms with Crippen molar-refractivity contribution in [2.24, 2.45) is 0 Å². The van der Waals surface area contributed by atoms with Crippen LogP contribution in [0.1, 0.15) is 5.56 Å². The van der Waals surface area contributed by atoms with Crippen LogP contribution in [0.4, 0.5) is 17.2 Å². The number of hydrogen-bond donors (Lipinski definition) is 1. The largest absolute Gasteiger partial charge is 0.399 e. The van der Waals surface area contributed by atoms with Crippen molar-refractivity contribution in [3.63, 3.8) is 0 Å². The van der Waals surface area contributed by atoms with Crippen LogP contribution < -0.4 is 10.6 Å². The Hall–Kier alpha value is -2.54. The van der Waals surface area contributed by atoms with E-state index >= 15 is 0 Å². The Morgan fingerprint density at radius 1 is 1.29 bits per heavy atom. The van der Waals surface area contributed by atoms with Gasteiger partial charge < -0.3 is 10.6 Å². The van der Waals surface area contributed by atoms with E-state index in [4.69, 9.17) is 11.0 Å². The highest BCUT2D eigenvalue weighted by Crippen LogP contribution is 2.23. The van der Waals surface area contributed by atoms with E-state index < -0.39 is 0 Å². The van der Waals surface area contributed by atoms with Crippen molar-refractivity contribution < 1.29 is 0 Å². The summed E-state index contributed by atoms with van der Waals surface area (Å²) < 4.78 is 0. The maximum atomic E-state index is 8.85. The zero-order chi connectivity index (χ0) is 12.3. The van der Waals surface area contributed by atoms with Crippen LogP contribution in [0, 0.1) is 11.3 Å². The average Bonchev–Trinajstić information content (AvgIpc) is 2.38. The molecule has 84 valence electrons. The predicted octanol–water partition coefficient (Wildman–Crippen LogP) is 2.30. The lowest BCUT2D eigenvalue weighted by molar-refractivity contribution is 1.13. The van der Waals surface area contributed by atoms with Gasteiger partial charge in [0.25, 0.3) is 0 Å². The third kappa shape index (κ3) is 2.34. The van der Waals surface area contributed by atoms with E-state index in [0.29, 0.717) is 11.3 Å². The van der Waals surface area contributed by atoms with Crippen molar-refractivity contribution in [1.82, 2.24) is 4.98 Å². The zero-order valence-electron chi connectivity index (χ0n) is 9.46. The number of anilines is 3. The van der Waals surface area contributed by atoms with Crippen LogP contribution in [-0.2, 0) is 0 Å². The van der Waals surface area contributed by atoms with Crippen LogP contribution in [0.2, 0.25) is 0 Å². The van der Waals surface area contributed by atoms with Crippen molar-refractivity contribution >= 4 is 17.2 Å². The topological polar surface area (TPSA) is 65.9 Å². The molecule has 4 heteroatoms. The Bertz CT molecular complexity index is 572. The standard InChI is InChI=1S/C13H12N4/c1-17(13-8-11(15)5-6-16-13)12-4-2-3-10(7-12)9-14/h2-8H,1H3,(H2,15,16). The fourth-order valence-corrected chi connectivity index (χ4v) is 1.53. The quantitative estimate of drug-likeness (QED) is 0.850. The number of hydrogen-bond acceptors (Lipinski definition) is 4. The van der Waals surface area contributed by atoms with E-state index in [1.165, 1.54) is 0 Å². The Morgan fingerprint density at radius 3 is 2.82 bits per heavy atom. The van der Waals surface area contributed by atoms with Gasteiger partial charge in [0.15, 0.2) is 0 Å². The van der Waals surface area contributed by atoms with Crippen molar-refractivity contribution in [2.45, 2.75) is 0 Å². The lowest BCUT2D eigenvalue weighted by Gasteiger charge is -2.18. The van der Waals surface area contributed by atoms with Crippen LogP contribution >= 0.6 is 0 Å². The predicted molar refractivity (Wildman–Crippen MR) is 67.9 cm³/mol. The summed E-state index contributed by atoms with van der Waals surface area (Å²) in [5.74, 6) is 0.750. The van der Waals surface area contributed by atoms with Gasteiger partial charge in [0, 0.05) is 30.7 Å². The van der Waals surface area contributed by atoms with E-state index in [1.807, 2.05) is 30.1 Å². The number of nitriles is 1. The molecule has 1 heterocycles. The van der Waals surface area contributed by atoms with Crippen LogP contribution in [0.15, 0.2) is 42.6 Å². The fraction of sp³-hybridized carbons (Fsp3) is 0.0769. The molecule has 1 aromatic heterocycles. The third-order valence-electron chi connectivity index (χ3n) is 2.48. The Balaban J connectivity index is 2.37. The van der Waals surface area contributed by atoms with Gasteiger partial charge in [-0.2, -0.15) is 5.26 Å². The van der Waals surface area contributed by atoms with Crippen molar-refractivity contribution in [3.05, 3.63) is 48.2 Å². The van der Waals surface area contributed by atoms with Crippen molar-refractivity contribution in [3.8, 4) is 6.07 Å². The molecule has 0 aliphatic heterocycles. The summed E-state index contributed by atoms with van der Waals surface area (Å²) in [6.45, 7) is 0. The van der Waals surface area contributed by atoms with Gasteiger partial charge in [-0.05, 0) is 24.3 Å². The van der Waals surface area contributed by atoms with Gasteiger partial charge in [0.2, 0.25) is 0 Å². The molecule has 17 heavy (non-hydrogen) atoms. The smallest absolute Gasteiger partial charge is 0.134 e. The molecule has 0 bridgehead atoms. The second kappa shape index (κ2) is 4.54. The first-order valence-electron chi connectivity index (χ1n) is 5.16.